The molecule has 2 heterocycles. The molecule has 2 rings (SSSR count). The Hall–Kier alpha value is -2.38. The summed E-state index contributed by atoms with van der Waals surface area (Å²) in [4.78, 5) is 40.8. The van der Waals surface area contributed by atoms with Gasteiger partial charge in [0.25, 0.3) is 5.91 Å². The van der Waals surface area contributed by atoms with Gasteiger partial charge < -0.3 is 15.2 Å². The molecule has 0 radical (unpaired) electrons. The molecule has 0 spiro atoms. The van der Waals surface area contributed by atoms with E-state index in [0.717, 1.165) is 11.3 Å². The van der Waals surface area contributed by atoms with Crippen LogP contribution in [0.25, 0.3) is 0 Å². The van der Waals surface area contributed by atoms with E-state index in [-0.39, 0.29) is 18.5 Å². The van der Waals surface area contributed by atoms with E-state index in [1.165, 1.54) is 0 Å². The summed E-state index contributed by atoms with van der Waals surface area (Å²) in [7, 11) is 0. The van der Waals surface area contributed by atoms with Crippen molar-refractivity contribution in [1.29, 1.82) is 0 Å². The molecule has 1 fully saturated rings. The highest BCUT2D eigenvalue weighted by molar-refractivity contribution is 6.08. The summed E-state index contributed by atoms with van der Waals surface area (Å²) in [5.74, 6) is -0.747. The van der Waals surface area contributed by atoms with Gasteiger partial charge in [-0.05, 0) is 20.3 Å². The highest BCUT2D eigenvalue weighted by Gasteiger charge is 2.44. The van der Waals surface area contributed by atoms with Gasteiger partial charge in [-0.1, -0.05) is 6.92 Å². The number of hydrogen-bond donors (Lipinski definition) is 2. The molecular weight excluding hydrogens is 286 g/mol. The maximum atomic E-state index is 12.1. The molecule has 8 heteroatoms. The lowest BCUT2D eigenvalue weighted by Crippen LogP contribution is -2.46. The maximum absolute atomic E-state index is 12.1. The Balaban J connectivity index is 1.92. The van der Waals surface area contributed by atoms with Crippen molar-refractivity contribution in [2.24, 2.45) is 0 Å². The van der Waals surface area contributed by atoms with Gasteiger partial charge in [0, 0.05) is 25.0 Å². The van der Waals surface area contributed by atoms with Crippen molar-refractivity contribution < 1.29 is 14.4 Å². The van der Waals surface area contributed by atoms with Gasteiger partial charge in [-0.3, -0.25) is 14.5 Å². The van der Waals surface area contributed by atoms with E-state index in [9.17, 15) is 14.4 Å². The van der Waals surface area contributed by atoms with Crippen LogP contribution in [0.3, 0.4) is 0 Å². The van der Waals surface area contributed by atoms with E-state index in [4.69, 9.17) is 0 Å². The Morgan fingerprint density at radius 3 is 2.68 bits per heavy atom. The second-order valence-corrected chi connectivity index (χ2v) is 5.88. The predicted molar refractivity (Wildman–Crippen MR) is 78.8 cm³/mol. The van der Waals surface area contributed by atoms with Crippen molar-refractivity contribution in [2.45, 2.75) is 45.3 Å². The first-order valence-corrected chi connectivity index (χ1v) is 7.22. The van der Waals surface area contributed by atoms with Gasteiger partial charge in [-0.25, -0.2) is 9.78 Å². The summed E-state index contributed by atoms with van der Waals surface area (Å²) < 4.78 is 1.87. The fraction of sp³-hybridized carbons (Fsp3) is 0.571. The molecule has 1 aromatic heterocycles. The van der Waals surface area contributed by atoms with Crippen molar-refractivity contribution in [1.82, 2.24) is 25.1 Å². The minimum Gasteiger partial charge on any atom is -0.350 e. The van der Waals surface area contributed by atoms with Crippen LogP contribution >= 0.6 is 0 Å². The predicted octanol–water partition coefficient (Wildman–Crippen LogP) is 0.108. The van der Waals surface area contributed by atoms with Crippen molar-refractivity contribution >= 4 is 17.8 Å². The lowest BCUT2D eigenvalue weighted by atomic mass is 10.1. The highest BCUT2D eigenvalue weighted by atomic mass is 16.2. The molecule has 4 amide bonds. The monoisotopic (exact) mass is 307 g/mol. The number of hydrogen-bond acceptors (Lipinski definition) is 4. The van der Waals surface area contributed by atoms with E-state index in [1.807, 2.05) is 17.7 Å². The number of aromatic nitrogens is 2. The number of rotatable bonds is 6. The van der Waals surface area contributed by atoms with Gasteiger partial charge in [0.15, 0.2) is 0 Å². The van der Waals surface area contributed by atoms with Crippen molar-refractivity contribution in [3.8, 4) is 0 Å². The van der Waals surface area contributed by atoms with Crippen LogP contribution in [-0.4, -0.2) is 50.4 Å². The molecule has 1 aliphatic heterocycles. The van der Waals surface area contributed by atoms with Gasteiger partial charge in [-0.2, -0.15) is 0 Å². The summed E-state index contributed by atoms with van der Waals surface area (Å²) in [5, 5.41) is 5.39. The standard InChI is InChI=1S/C14H21N5O3/c1-4-10(7-18-6-5-15-9-18)16-11(20)8-19-12(21)14(2,3)17-13(19)22/h5-6,9-10H,4,7-8H2,1-3H3,(H,16,20)(H,17,22). The van der Waals surface area contributed by atoms with Crippen LogP contribution in [0.2, 0.25) is 0 Å². The summed E-state index contributed by atoms with van der Waals surface area (Å²) in [5.41, 5.74) is -0.960. The Morgan fingerprint density at radius 2 is 2.18 bits per heavy atom. The Kier molecular flexibility index (Phi) is 4.48. The highest BCUT2D eigenvalue weighted by Crippen LogP contribution is 2.16. The van der Waals surface area contributed by atoms with Gasteiger partial charge in [0.2, 0.25) is 5.91 Å². The molecule has 1 saturated heterocycles. The Bertz CT molecular complexity index is 567. The second-order valence-electron chi connectivity index (χ2n) is 5.88. The Morgan fingerprint density at radius 1 is 1.45 bits per heavy atom. The van der Waals surface area contributed by atoms with Gasteiger partial charge in [0.1, 0.15) is 12.1 Å². The number of imidazole rings is 1. The SMILES string of the molecule is CCC(Cn1ccnc1)NC(=O)CN1C(=O)NC(C)(C)C1=O. The first-order valence-electron chi connectivity index (χ1n) is 7.22. The molecule has 22 heavy (non-hydrogen) atoms. The number of carbonyl (C=O) groups excluding carboxylic acids is 3. The van der Waals surface area contributed by atoms with Crippen molar-refractivity contribution in [2.75, 3.05) is 6.54 Å². The minimum absolute atomic E-state index is 0.0875. The van der Waals surface area contributed by atoms with Crippen LogP contribution in [-0.2, 0) is 16.1 Å². The van der Waals surface area contributed by atoms with E-state index >= 15 is 0 Å². The molecule has 0 aliphatic carbocycles. The Labute approximate surface area is 128 Å². The lowest BCUT2D eigenvalue weighted by Gasteiger charge is -2.20. The van der Waals surface area contributed by atoms with Crippen molar-refractivity contribution in [3.63, 3.8) is 0 Å². The van der Waals surface area contributed by atoms with E-state index in [2.05, 4.69) is 15.6 Å². The normalized spacial score (nSPS) is 18.2. The number of urea groups is 1. The quantitative estimate of drug-likeness (QED) is 0.729. The number of nitrogens with one attached hydrogen (secondary N) is 2. The smallest absolute Gasteiger partial charge is 0.325 e. The first kappa shape index (κ1) is 16.0. The molecule has 0 saturated carbocycles. The number of nitrogens with zero attached hydrogens (tertiary/aromatic N) is 3. The fourth-order valence-electron chi connectivity index (χ4n) is 2.30. The van der Waals surface area contributed by atoms with Gasteiger partial charge in [-0.15, -0.1) is 0 Å². The molecule has 8 nitrogen and oxygen atoms in total. The number of imide groups is 1. The van der Waals surface area contributed by atoms with E-state index in [1.54, 1.807) is 26.4 Å². The fourth-order valence-corrected chi connectivity index (χ4v) is 2.30. The van der Waals surface area contributed by atoms with Crippen LogP contribution in [0.1, 0.15) is 27.2 Å². The molecule has 1 aromatic rings. The van der Waals surface area contributed by atoms with Crippen LogP contribution in [0.4, 0.5) is 4.79 Å². The molecule has 1 unspecified atom stereocenters. The van der Waals surface area contributed by atoms with Crippen LogP contribution < -0.4 is 10.6 Å². The minimum atomic E-state index is -0.960. The summed E-state index contributed by atoms with van der Waals surface area (Å²) in [6, 6.07) is -0.622. The van der Waals surface area contributed by atoms with Crippen molar-refractivity contribution in [3.05, 3.63) is 18.7 Å². The number of carbonyl (C=O) groups is 3. The van der Waals surface area contributed by atoms with E-state index in [0.29, 0.717) is 6.54 Å². The van der Waals surface area contributed by atoms with Crippen LogP contribution in [0, 0.1) is 0 Å². The maximum Gasteiger partial charge on any atom is 0.325 e. The second kappa shape index (κ2) is 6.17. The third kappa shape index (κ3) is 3.44. The van der Waals surface area contributed by atoms with Crippen LogP contribution in [0.15, 0.2) is 18.7 Å². The molecule has 0 bridgehead atoms. The molecule has 120 valence electrons. The molecule has 1 atom stereocenters. The van der Waals surface area contributed by atoms with Gasteiger partial charge in [0.05, 0.1) is 6.33 Å². The average molecular weight is 307 g/mol. The van der Waals surface area contributed by atoms with Gasteiger partial charge >= 0.3 is 6.03 Å². The largest absolute Gasteiger partial charge is 0.350 e. The summed E-state index contributed by atoms with van der Waals surface area (Å²) in [6.45, 7) is 5.50. The third-order valence-corrected chi connectivity index (χ3v) is 3.59. The summed E-state index contributed by atoms with van der Waals surface area (Å²) >= 11 is 0. The number of amides is 4. The summed E-state index contributed by atoms with van der Waals surface area (Å²) in [6.07, 6.45) is 5.89. The molecule has 2 N–H and O–H groups in total. The van der Waals surface area contributed by atoms with Crippen LogP contribution in [0.5, 0.6) is 0 Å². The zero-order valence-electron chi connectivity index (χ0n) is 13.0. The topological polar surface area (TPSA) is 96.3 Å². The molecule has 1 aliphatic rings. The average Bonchev–Trinajstić information content (AvgIpc) is 3.01. The van der Waals surface area contributed by atoms with E-state index < -0.39 is 17.5 Å². The molecule has 0 aromatic carbocycles. The zero-order valence-corrected chi connectivity index (χ0v) is 13.0. The zero-order chi connectivity index (χ0) is 16.3. The first-order chi connectivity index (χ1) is 10.3. The third-order valence-electron chi connectivity index (χ3n) is 3.59. The lowest BCUT2D eigenvalue weighted by molar-refractivity contribution is -0.134. The molecular formula is C14H21N5O3.